The number of benzene rings is 2. The second-order valence-electron chi connectivity index (χ2n) is 6.34. The zero-order valence-electron chi connectivity index (χ0n) is 15.1. The fourth-order valence-electron chi connectivity index (χ4n) is 3.22. The van der Waals surface area contributed by atoms with Crippen LogP contribution < -0.4 is 15.0 Å². The van der Waals surface area contributed by atoms with Gasteiger partial charge in [0.25, 0.3) is 5.91 Å². The molecule has 1 aliphatic rings. The monoisotopic (exact) mass is 360 g/mol. The minimum Gasteiger partial charge on any atom is -0.497 e. The van der Waals surface area contributed by atoms with Crippen LogP contribution in [0.25, 0.3) is 0 Å². The second kappa shape index (κ2) is 7.45. The Morgan fingerprint density at radius 1 is 1.11 bits per heavy atom. The maximum absolute atomic E-state index is 12.5. The van der Waals surface area contributed by atoms with E-state index in [4.69, 9.17) is 4.74 Å². The Morgan fingerprint density at radius 3 is 2.74 bits per heavy atom. The molecule has 6 heteroatoms. The molecule has 27 heavy (non-hydrogen) atoms. The van der Waals surface area contributed by atoms with E-state index in [0.717, 1.165) is 25.1 Å². The van der Waals surface area contributed by atoms with Crippen LogP contribution in [0, 0.1) is 0 Å². The normalized spacial score (nSPS) is 13.0. The standard InChI is InChI=1S/C21H20N4O2/c1-27-18-9-4-8-17(12-18)24-20(26)16-13-22-21(23-14-16)25-11-5-7-15-6-2-3-10-19(15)25/h2-4,6,8-10,12-14H,5,7,11H2,1H3,(H,24,26). The third-order valence-corrected chi connectivity index (χ3v) is 4.58. The summed E-state index contributed by atoms with van der Waals surface area (Å²) in [6.45, 7) is 0.867. The first kappa shape index (κ1) is 17.0. The molecule has 136 valence electrons. The summed E-state index contributed by atoms with van der Waals surface area (Å²) < 4.78 is 5.17. The summed E-state index contributed by atoms with van der Waals surface area (Å²) in [7, 11) is 1.59. The van der Waals surface area contributed by atoms with Crippen molar-refractivity contribution in [2.24, 2.45) is 0 Å². The smallest absolute Gasteiger partial charge is 0.258 e. The van der Waals surface area contributed by atoms with Gasteiger partial charge in [-0.15, -0.1) is 0 Å². The molecule has 1 N–H and O–H groups in total. The van der Waals surface area contributed by atoms with E-state index >= 15 is 0 Å². The average Bonchev–Trinajstić information content (AvgIpc) is 2.73. The van der Waals surface area contributed by atoms with Crippen LogP contribution in [-0.2, 0) is 6.42 Å². The van der Waals surface area contributed by atoms with Crippen molar-refractivity contribution in [3.63, 3.8) is 0 Å². The van der Waals surface area contributed by atoms with Gasteiger partial charge in [0.15, 0.2) is 0 Å². The maximum Gasteiger partial charge on any atom is 0.258 e. The molecule has 3 aromatic rings. The number of hydrogen-bond acceptors (Lipinski definition) is 5. The summed E-state index contributed by atoms with van der Waals surface area (Å²) in [6.07, 6.45) is 5.25. The molecule has 0 atom stereocenters. The molecule has 0 fully saturated rings. The van der Waals surface area contributed by atoms with Crippen molar-refractivity contribution in [2.75, 3.05) is 23.9 Å². The number of hydrogen-bond donors (Lipinski definition) is 1. The van der Waals surface area contributed by atoms with Crippen molar-refractivity contribution in [3.05, 3.63) is 72.1 Å². The zero-order valence-corrected chi connectivity index (χ0v) is 15.1. The number of fused-ring (bicyclic) bond motifs is 1. The molecule has 4 rings (SSSR count). The van der Waals surface area contributed by atoms with Gasteiger partial charge < -0.3 is 15.0 Å². The summed E-state index contributed by atoms with van der Waals surface area (Å²) in [4.78, 5) is 23.4. The highest BCUT2D eigenvalue weighted by molar-refractivity contribution is 6.04. The number of amides is 1. The lowest BCUT2D eigenvalue weighted by Crippen LogP contribution is -2.26. The quantitative estimate of drug-likeness (QED) is 0.766. The fourth-order valence-corrected chi connectivity index (χ4v) is 3.22. The Bertz CT molecular complexity index is 956. The first-order chi connectivity index (χ1) is 13.2. The molecule has 6 nitrogen and oxygen atoms in total. The van der Waals surface area contributed by atoms with Crippen LogP contribution in [0.5, 0.6) is 5.75 Å². The molecule has 1 amide bonds. The van der Waals surface area contributed by atoms with Gasteiger partial charge in [0.1, 0.15) is 5.75 Å². The summed E-state index contributed by atoms with van der Waals surface area (Å²) in [5, 5.41) is 2.84. The molecule has 2 heterocycles. The van der Waals surface area contributed by atoms with Gasteiger partial charge >= 0.3 is 0 Å². The fraction of sp³-hybridized carbons (Fsp3) is 0.190. The van der Waals surface area contributed by atoms with Gasteiger partial charge in [-0.3, -0.25) is 4.79 Å². The van der Waals surface area contributed by atoms with Crippen molar-refractivity contribution in [1.82, 2.24) is 9.97 Å². The highest BCUT2D eigenvalue weighted by Gasteiger charge is 2.20. The Labute approximate surface area is 157 Å². The summed E-state index contributed by atoms with van der Waals surface area (Å²) in [5.74, 6) is 1.04. The van der Waals surface area contributed by atoms with Crippen LogP contribution in [0.3, 0.4) is 0 Å². The van der Waals surface area contributed by atoms with Crippen molar-refractivity contribution < 1.29 is 9.53 Å². The molecule has 0 radical (unpaired) electrons. The van der Waals surface area contributed by atoms with Gasteiger partial charge in [0, 0.05) is 36.4 Å². The number of aryl methyl sites for hydroxylation is 1. The van der Waals surface area contributed by atoms with Crippen LogP contribution in [0.15, 0.2) is 60.9 Å². The van der Waals surface area contributed by atoms with E-state index in [2.05, 4.69) is 38.4 Å². The molecule has 0 unspecified atom stereocenters. The first-order valence-corrected chi connectivity index (χ1v) is 8.87. The molecular formula is C21H20N4O2. The van der Waals surface area contributed by atoms with Gasteiger partial charge in [-0.05, 0) is 36.6 Å². The molecule has 0 spiro atoms. The Kier molecular flexibility index (Phi) is 4.70. The number of anilines is 3. The van der Waals surface area contributed by atoms with Gasteiger partial charge in [-0.25, -0.2) is 9.97 Å². The minimum absolute atomic E-state index is 0.256. The van der Waals surface area contributed by atoms with E-state index in [-0.39, 0.29) is 5.91 Å². The van der Waals surface area contributed by atoms with Crippen LogP contribution >= 0.6 is 0 Å². The lowest BCUT2D eigenvalue weighted by molar-refractivity contribution is 0.102. The number of para-hydroxylation sites is 1. The third-order valence-electron chi connectivity index (χ3n) is 4.58. The number of nitrogens with one attached hydrogen (secondary N) is 1. The average molecular weight is 360 g/mol. The molecule has 2 aromatic carbocycles. The Balaban J connectivity index is 1.52. The number of methoxy groups -OCH3 is 1. The van der Waals surface area contributed by atoms with Crippen LogP contribution in [0.1, 0.15) is 22.3 Å². The molecule has 0 saturated heterocycles. The predicted octanol–water partition coefficient (Wildman–Crippen LogP) is 3.82. The third kappa shape index (κ3) is 3.60. The number of ether oxygens (including phenoxy) is 1. The number of aromatic nitrogens is 2. The van der Waals surface area contributed by atoms with Crippen LogP contribution in [0.4, 0.5) is 17.3 Å². The number of carbonyl (C=O) groups excluding carboxylic acids is 1. The Hall–Kier alpha value is -3.41. The summed E-state index contributed by atoms with van der Waals surface area (Å²) in [5.41, 5.74) is 3.50. The molecule has 1 aromatic heterocycles. The van der Waals surface area contributed by atoms with Gasteiger partial charge in [0.2, 0.25) is 5.95 Å². The Morgan fingerprint density at radius 2 is 1.93 bits per heavy atom. The molecule has 0 aliphatic carbocycles. The van der Waals surface area contributed by atoms with Gasteiger partial charge in [-0.1, -0.05) is 24.3 Å². The highest BCUT2D eigenvalue weighted by atomic mass is 16.5. The second-order valence-corrected chi connectivity index (χ2v) is 6.34. The van der Waals surface area contributed by atoms with E-state index in [1.165, 1.54) is 5.56 Å². The molecule has 0 bridgehead atoms. The van der Waals surface area contributed by atoms with Crippen molar-refractivity contribution in [1.29, 1.82) is 0 Å². The predicted molar refractivity (Wildman–Crippen MR) is 105 cm³/mol. The van der Waals surface area contributed by atoms with Crippen molar-refractivity contribution in [3.8, 4) is 5.75 Å². The van der Waals surface area contributed by atoms with Crippen LogP contribution in [0.2, 0.25) is 0 Å². The van der Waals surface area contributed by atoms with E-state index in [1.807, 2.05) is 18.2 Å². The van der Waals surface area contributed by atoms with E-state index < -0.39 is 0 Å². The van der Waals surface area contributed by atoms with Crippen molar-refractivity contribution >= 4 is 23.2 Å². The maximum atomic E-state index is 12.5. The summed E-state index contributed by atoms with van der Waals surface area (Å²) in [6, 6.07) is 15.5. The largest absolute Gasteiger partial charge is 0.497 e. The van der Waals surface area contributed by atoms with Gasteiger partial charge in [-0.2, -0.15) is 0 Å². The number of rotatable bonds is 4. The van der Waals surface area contributed by atoms with Crippen LogP contribution in [-0.4, -0.2) is 29.5 Å². The number of carbonyl (C=O) groups is 1. The van der Waals surface area contributed by atoms with E-state index in [0.29, 0.717) is 22.9 Å². The van der Waals surface area contributed by atoms with E-state index in [1.54, 1.807) is 31.6 Å². The minimum atomic E-state index is -0.256. The first-order valence-electron chi connectivity index (χ1n) is 8.87. The number of nitrogens with zero attached hydrogens (tertiary/aromatic N) is 3. The van der Waals surface area contributed by atoms with E-state index in [9.17, 15) is 4.79 Å². The summed E-state index contributed by atoms with van der Waals surface area (Å²) >= 11 is 0. The lowest BCUT2D eigenvalue weighted by atomic mass is 10.0. The SMILES string of the molecule is COc1cccc(NC(=O)c2cnc(N3CCCc4ccccc43)nc2)c1. The molecule has 0 saturated carbocycles. The zero-order chi connectivity index (χ0) is 18.6. The topological polar surface area (TPSA) is 67.3 Å². The highest BCUT2D eigenvalue weighted by Crippen LogP contribution is 2.31. The van der Waals surface area contributed by atoms with Crippen molar-refractivity contribution in [2.45, 2.75) is 12.8 Å². The molecular weight excluding hydrogens is 340 g/mol. The van der Waals surface area contributed by atoms with Gasteiger partial charge in [0.05, 0.1) is 12.7 Å². The lowest BCUT2D eigenvalue weighted by Gasteiger charge is -2.29. The molecule has 1 aliphatic heterocycles.